The summed E-state index contributed by atoms with van der Waals surface area (Å²) in [6.07, 6.45) is -0.467. The first kappa shape index (κ1) is 22.6. The van der Waals surface area contributed by atoms with Gasteiger partial charge in [0.2, 0.25) is 0 Å². The maximum Gasteiger partial charge on any atom is 0.417 e. The second kappa shape index (κ2) is 8.58. The molecule has 0 bridgehead atoms. The number of carbonyl (C=O) groups excluding carboxylic acids is 1. The zero-order valence-electron chi connectivity index (χ0n) is 16.0. The van der Waals surface area contributed by atoms with E-state index < -0.39 is 41.4 Å². The zero-order valence-corrected chi connectivity index (χ0v) is 16.7. The highest BCUT2D eigenvalue weighted by Crippen LogP contribution is 2.35. The smallest absolute Gasteiger partial charge is 0.346 e. The monoisotopic (exact) mass is 455 g/mol. The lowest BCUT2D eigenvalue weighted by Gasteiger charge is -2.19. The van der Waals surface area contributed by atoms with Gasteiger partial charge in [-0.1, -0.05) is 23.7 Å². The third-order valence-corrected chi connectivity index (χ3v) is 4.63. The minimum absolute atomic E-state index is 0.353. The summed E-state index contributed by atoms with van der Waals surface area (Å²) in [4.78, 5) is 19.9. The van der Waals surface area contributed by atoms with Gasteiger partial charge in [0.25, 0.3) is 5.91 Å². The number of hydrogen-bond acceptors (Lipinski definition) is 3. The predicted octanol–water partition coefficient (Wildman–Crippen LogP) is 5.65. The number of nitrogens with zero attached hydrogens (tertiary/aromatic N) is 2. The summed E-state index contributed by atoms with van der Waals surface area (Å²) in [5.74, 6) is -5.00. The van der Waals surface area contributed by atoms with Gasteiger partial charge in [0.1, 0.15) is 5.69 Å². The molecule has 0 fully saturated rings. The first-order valence-electron chi connectivity index (χ1n) is 8.89. The first-order valence-corrected chi connectivity index (χ1v) is 9.27. The van der Waals surface area contributed by atoms with E-state index in [2.05, 4.69) is 9.97 Å². The second-order valence-electron chi connectivity index (χ2n) is 6.74. The van der Waals surface area contributed by atoms with Crippen molar-refractivity contribution in [1.82, 2.24) is 15.3 Å². The minimum atomic E-state index is -4.80. The highest BCUT2D eigenvalue weighted by atomic mass is 35.5. The summed E-state index contributed by atoms with van der Waals surface area (Å²) < 4.78 is 68.4. The summed E-state index contributed by atoms with van der Waals surface area (Å²) in [5, 5.41) is 1.48. The molecule has 1 aromatic carbocycles. The van der Waals surface area contributed by atoms with Gasteiger partial charge in [0.15, 0.2) is 0 Å². The van der Waals surface area contributed by atoms with Crippen molar-refractivity contribution in [2.75, 3.05) is 6.54 Å². The topological polar surface area (TPSA) is 54.9 Å². The molecule has 31 heavy (non-hydrogen) atoms. The van der Waals surface area contributed by atoms with Crippen LogP contribution in [0.1, 0.15) is 27.2 Å². The van der Waals surface area contributed by atoms with Crippen molar-refractivity contribution < 1.29 is 26.7 Å². The summed E-state index contributed by atoms with van der Waals surface area (Å²) in [6, 6.07) is 6.98. The van der Waals surface area contributed by atoms with E-state index in [1.807, 2.05) is 12.2 Å². The van der Waals surface area contributed by atoms with Crippen molar-refractivity contribution in [3.8, 4) is 11.1 Å². The fourth-order valence-corrected chi connectivity index (χ4v) is 3.18. The van der Waals surface area contributed by atoms with E-state index in [4.69, 9.17) is 11.6 Å². The molecule has 10 heteroatoms. The van der Waals surface area contributed by atoms with E-state index in [9.17, 15) is 26.7 Å². The number of nitrogens with one attached hydrogen (secondary N) is 1. The highest BCUT2D eigenvalue weighted by molar-refractivity contribution is 6.31. The fourth-order valence-electron chi connectivity index (χ4n) is 2.88. The number of hydrogen-bond donors (Lipinski definition) is 1. The van der Waals surface area contributed by atoms with Crippen molar-refractivity contribution in [1.29, 1.82) is 0 Å². The van der Waals surface area contributed by atoms with Gasteiger partial charge in [0, 0.05) is 29.7 Å². The predicted molar refractivity (Wildman–Crippen MR) is 105 cm³/mol. The highest BCUT2D eigenvalue weighted by Gasteiger charge is 2.38. The number of aryl methyl sites for hydroxylation is 1. The van der Waals surface area contributed by atoms with Crippen LogP contribution in [0.25, 0.3) is 11.1 Å². The average Bonchev–Trinajstić information content (AvgIpc) is 2.71. The normalized spacial score (nSPS) is 12.0. The molecule has 0 saturated heterocycles. The Bertz CT molecular complexity index is 1120. The number of aromatic nitrogens is 2. The van der Waals surface area contributed by atoms with Crippen LogP contribution in [0.4, 0.5) is 22.0 Å². The number of pyridine rings is 2. The van der Waals surface area contributed by atoms with Gasteiger partial charge in [-0.2, -0.15) is 22.0 Å². The molecule has 0 spiro atoms. The molecule has 0 atom stereocenters. The Morgan fingerprint density at radius 3 is 2.35 bits per heavy atom. The molecule has 0 saturated carbocycles. The molecule has 0 aliphatic heterocycles. The van der Waals surface area contributed by atoms with Crippen LogP contribution >= 0.6 is 11.6 Å². The number of halogens is 6. The number of benzene rings is 1. The van der Waals surface area contributed by atoms with Crippen molar-refractivity contribution in [2.24, 2.45) is 0 Å². The molecule has 162 valence electrons. The molecule has 0 aliphatic rings. The van der Waals surface area contributed by atoms with Gasteiger partial charge < -0.3 is 5.32 Å². The zero-order chi connectivity index (χ0) is 22.8. The number of rotatable bonds is 5. The Balaban J connectivity index is 1.79. The first-order chi connectivity index (χ1) is 14.5. The van der Waals surface area contributed by atoms with Crippen molar-refractivity contribution >= 4 is 17.5 Å². The summed E-state index contributed by atoms with van der Waals surface area (Å²) in [7, 11) is 0. The van der Waals surface area contributed by atoms with Crippen LogP contribution in [0.2, 0.25) is 5.02 Å². The second-order valence-corrected chi connectivity index (χ2v) is 7.14. The maximum atomic E-state index is 14.6. The molecule has 1 amide bonds. The van der Waals surface area contributed by atoms with E-state index in [-0.39, 0.29) is 5.02 Å². The number of carbonyl (C=O) groups is 1. The lowest BCUT2D eigenvalue weighted by molar-refractivity contribution is -0.137. The van der Waals surface area contributed by atoms with Crippen molar-refractivity contribution in [3.05, 3.63) is 82.4 Å². The Kier molecular flexibility index (Phi) is 6.26. The van der Waals surface area contributed by atoms with E-state index in [1.54, 1.807) is 12.3 Å². The van der Waals surface area contributed by atoms with E-state index >= 15 is 0 Å². The van der Waals surface area contributed by atoms with Crippen LogP contribution in [0.3, 0.4) is 0 Å². The molecular formula is C21H15ClF5N3O. The molecule has 2 heterocycles. The van der Waals surface area contributed by atoms with Crippen LogP contribution in [0.5, 0.6) is 0 Å². The summed E-state index contributed by atoms with van der Waals surface area (Å²) in [6.45, 7) is 0.532. The van der Waals surface area contributed by atoms with E-state index in [0.717, 1.165) is 17.7 Å². The molecule has 3 rings (SSSR count). The molecule has 4 nitrogen and oxygen atoms in total. The lowest BCUT2D eigenvalue weighted by atomic mass is 10.1. The van der Waals surface area contributed by atoms with Gasteiger partial charge in [-0.25, -0.2) is 0 Å². The molecule has 0 aliphatic carbocycles. The van der Waals surface area contributed by atoms with Crippen LogP contribution in [-0.2, 0) is 12.1 Å². The minimum Gasteiger partial charge on any atom is -0.346 e. The Labute approximate surface area is 179 Å². The number of alkyl halides is 5. The standard InChI is InChI=1S/C21H15ClF5N3O/c1-12-6-13(9-28-8-12)14-7-17(22)18(29-10-14)20(23,24)11-30-19(31)15-4-2-3-5-16(15)21(25,26)27/h2-10H,11H2,1H3,(H,30,31). The van der Waals surface area contributed by atoms with Crippen LogP contribution in [0.15, 0.2) is 55.0 Å². The average molecular weight is 456 g/mol. The Morgan fingerprint density at radius 2 is 1.71 bits per heavy atom. The van der Waals surface area contributed by atoms with E-state index in [1.165, 1.54) is 24.5 Å². The van der Waals surface area contributed by atoms with Crippen molar-refractivity contribution in [2.45, 2.75) is 19.0 Å². The van der Waals surface area contributed by atoms with Crippen LogP contribution < -0.4 is 5.32 Å². The largest absolute Gasteiger partial charge is 0.417 e. The molecule has 1 N–H and O–H groups in total. The van der Waals surface area contributed by atoms with Gasteiger partial charge >= 0.3 is 12.1 Å². The van der Waals surface area contributed by atoms with Gasteiger partial charge in [-0.15, -0.1) is 0 Å². The SMILES string of the molecule is Cc1cncc(-c2cnc(C(F)(F)CNC(=O)c3ccccc3C(F)(F)F)c(Cl)c2)c1. The quantitative estimate of drug-likeness (QED) is 0.506. The molecule has 0 unspecified atom stereocenters. The van der Waals surface area contributed by atoms with Crippen LogP contribution in [0, 0.1) is 6.92 Å². The molecule has 3 aromatic rings. The van der Waals surface area contributed by atoms with E-state index in [0.29, 0.717) is 17.2 Å². The van der Waals surface area contributed by atoms with Gasteiger partial charge in [-0.3, -0.25) is 14.8 Å². The van der Waals surface area contributed by atoms with Gasteiger partial charge in [-0.05, 0) is 36.8 Å². The third kappa shape index (κ3) is 5.16. The van der Waals surface area contributed by atoms with Gasteiger partial charge in [0.05, 0.1) is 22.7 Å². The number of amides is 1. The fraction of sp³-hybridized carbons (Fsp3) is 0.190. The Hall–Kier alpha value is -3.07. The molecule has 0 radical (unpaired) electrons. The summed E-state index contributed by atoms with van der Waals surface area (Å²) in [5.41, 5.74) is -0.840. The van der Waals surface area contributed by atoms with Crippen LogP contribution in [-0.4, -0.2) is 22.4 Å². The third-order valence-electron chi connectivity index (χ3n) is 4.34. The molecular weight excluding hydrogens is 441 g/mol. The van der Waals surface area contributed by atoms with Crippen molar-refractivity contribution in [3.63, 3.8) is 0 Å². The summed E-state index contributed by atoms with van der Waals surface area (Å²) >= 11 is 6.00. The maximum absolute atomic E-state index is 14.6. The molecule has 2 aromatic heterocycles. The lowest BCUT2D eigenvalue weighted by Crippen LogP contribution is -2.36. The Morgan fingerprint density at radius 1 is 1.03 bits per heavy atom.